The number of hydrogen-bond donors (Lipinski definition) is 1. The lowest BCUT2D eigenvalue weighted by atomic mass is 9.95. The summed E-state index contributed by atoms with van der Waals surface area (Å²) in [5, 5.41) is 4.54. The third-order valence-electron chi connectivity index (χ3n) is 3.48. The average Bonchev–Trinajstić information content (AvgIpc) is 2.64. The molecule has 0 amide bonds. The Labute approximate surface area is 125 Å². The van der Waals surface area contributed by atoms with Crippen LogP contribution in [0.5, 0.6) is 0 Å². The zero-order chi connectivity index (χ0) is 15.7. The molecule has 4 heteroatoms. The first-order chi connectivity index (χ1) is 9.85. The Balaban J connectivity index is 2.70. The molecule has 0 unspecified atom stereocenters. The highest BCUT2D eigenvalue weighted by molar-refractivity contribution is 5.93. The summed E-state index contributed by atoms with van der Waals surface area (Å²) in [6.07, 6.45) is 0.783. The van der Waals surface area contributed by atoms with Gasteiger partial charge in [-0.05, 0) is 38.8 Å². The van der Waals surface area contributed by atoms with E-state index in [2.05, 4.69) is 30.7 Å². The van der Waals surface area contributed by atoms with Gasteiger partial charge >= 0.3 is 0 Å². The second-order valence-corrected chi connectivity index (χ2v) is 5.65. The number of anilines is 1. The molecule has 0 aliphatic carbocycles. The molecule has 0 fully saturated rings. The van der Waals surface area contributed by atoms with E-state index < -0.39 is 0 Å². The van der Waals surface area contributed by atoms with Crippen LogP contribution in [0.4, 0.5) is 5.82 Å². The minimum Gasteiger partial charge on any atom is -0.383 e. The van der Waals surface area contributed by atoms with Gasteiger partial charge in [-0.1, -0.05) is 29.8 Å². The molecule has 1 heterocycles. The fourth-order valence-corrected chi connectivity index (χ4v) is 2.72. The molecule has 0 radical (unpaired) electrons. The molecule has 110 valence electrons. The van der Waals surface area contributed by atoms with Crippen molar-refractivity contribution in [2.75, 3.05) is 5.73 Å². The SMILES string of the molecule is C=C(C)Cn1nc(-c2c(C)cc(C)cc2C)c(C=O)c1N. The molecule has 2 N–H and O–H groups in total. The van der Waals surface area contributed by atoms with Gasteiger partial charge in [0, 0.05) is 5.56 Å². The first-order valence-electron chi connectivity index (χ1n) is 6.89. The van der Waals surface area contributed by atoms with Crippen molar-refractivity contribution in [2.24, 2.45) is 0 Å². The molecule has 0 atom stereocenters. The van der Waals surface area contributed by atoms with Crippen molar-refractivity contribution in [1.29, 1.82) is 0 Å². The molecule has 1 aromatic carbocycles. The Bertz CT molecular complexity index is 703. The topological polar surface area (TPSA) is 60.9 Å². The van der Waals surface area contributed by atoms with Crippen LogP contribution in [-0.2, 0) is 6.54 Å². The zero-order valence-electron chi connectivity index (χ0n) is 13.0. The van der Waals surface area contributed by atoms with Gasteiger partial charge in [-0.3, -0.25) is 4.79 Å². The van der Waals surface area contributed by atoms with Crippen LogP contribution >= 0.6 is 0 Å². The number of aryl methyl sites for hydroxylation is 3. The van der Waals surface area contributed by atoms with Crippen LogP contribution in [0, 0.1) is 20.8 Å². The summed E-state index contributed by atoms with van der Waals surface area (Å²) in [5.41, 5.74) is 12.5. The van der Waals surface area contributed by atoms with Gasteiger partial charge in [0.1, 0.15) is 11.5 Å². The quantitative estimate of drug-likeness (QED) is 0.690. The molecule has 0 bridgehead atoms. The minimum atomic E-state index is 0.391. The van der Waals surface area contributed by atoms with E-state index in [1.165, 1.54) is 5.56 Å². The molecule has 2 aromatic rings. The van der Waals surface area contributed by atoms with Crippen LogP contribution in [0.2, 0.25) is 0 Å². The van der Waals surface area contributed by atoms with Crippen LogP contribution in [0.15, 0.2) is 24.3 Å². The summed E-state index contributed by atoms with van der Waals surface area (Å²) in [7, 11) is 0. The first kappa shape index (κ1) is 15.0. The Morgan fingerprint density at radius 3 is 2.38 bits per heavy atom. The molecule has 0 aliphatic rings. The second kappa shape index (κ2) is 5.56. The van der Waals surface area contributed by atoms with Crippen LogP contribution in [-0.4, -0.2) is 16.1 Å². The Morgan fingerprint density at radius 2 is 1.90 bits per heavy atom. The van der Waals surface area contributed by atoms with E-state index >= 15 is 0 Å². The van der Waals surface area contributed by atoms with Crippen molar-refractivity contribution in [3.63, 3.8) is 0 Å². The van der Waals surface area contributed by atoms with Gasteiger partial charge in [-0.2, -0.15) is 5.10 Å². The Hall–Kier alpha value is -2.36. The highest BCUT2D eigenvalue weighted by Gasteiger charge is 2.19. The predicted octanol–water partition coefficient (Wildman–Crippen LogP) is 3.45. The lowest BCUT2D eigenvalue weighted by Gasteiger charge is -2.09. The Morgan fingerprint density at radius 1 is 1.33 bits per heavy atom. The van der Waals surface area contributed by atoms with Crippen molar-refractivity contribution in [3.8, 4) is 11.3 Å². The summed E-state index contributed by atoms with van der Waals surface area (Å²) < 4.78 is 1.64. The predicted molar refractivity (Wildman–Crippen MR) is 86.5 cm³/mol. The van der Waals surface area contributed by atoms with Gasteiger partial charge in [0.15, 0.2) is 6.29 Å². The smallest absolute Gasteiger partial charge is 0.156 e. The lowest BCUT2D eigenvalue weighted by Crippen LogP contribution is -2.05. The maximum atomic E-state index is 11.5. The third kappa shape index (κ3) is 2.75. The van der Waals surface area contributed by atoms with E-state index in [1.807, 2.05) is 20.8 Å². The summed E-state index contributed by atoms with van der Waals surface area (Å²) in [4.78, 5) is 11.5. The zero-order valence-corrected chi connectivity index (χ0v) is 13.0. The van der Waals surface area contributed by atoms with Gasteiger partial charge in [0.05, 0.1) is 12.1 Å². The van der Waals surface area contributed by atoms with Crippen molar-refractivity contribution in [3.05, 3.63) is 46.5 Å². The normalized spacial score (nSPS) is 10.7. The largest absolute Gasteiger partial charge is 0.383 e. The fourth-order valence-electron chi connectivity index (χ4n) is 2.72. The maximum Gasteiger partial charge on any atom is 0.156 e. The number of nitrogen functional groups attached to an aromatic ring is 1. The standard InChI is InChI=1S/C17H21N3O/c1-10(2)8-20-17(18)14(9-21)16(19-20)15-12(4)6-11(3)7-13(15)5/h6-7,9H,1,8,18H2,2-5H3. The molecule has 21 heavy (non-hydrogen) atoms. The highest BCUT2D eigenvalue weighted by Crippen LogP contribution is 2.32. The summed E-state index contributed by atoms with van der Waals surface area (Å²) in [6.45, 7) is 12.4. The molecule has 0 saturated carbocycles. The number of carbonyl (C=O) groups excluding carboxylic acids is 1. The highest BCUT2D eigenvalue weighted by atomic mass is 16.1. The van der Waals surface area contributed by atoms with Crippen LogP contribution in [0.3, 0.4) is 0 Å². The Kier molecular flexibility index (Phi) is 3.98. The fraction of sp³-hybridized carbons (Fsp3) is 0.294. The summed E-state index contributed by atoms with van der Waals surface area (Å²) in [5.74, 6) is 0.391. The van der Waals surface area contributed by atoms with Crippen molar-refractivity contribution < 1.29 is 4.79 Å². The van der Waals surface area contributed by atoms with Gasteiger partial charge in [-0.25, -0.2) is 4.68 Å². The van der Waals surface area contributed by atoms with E-state index in [4.69, 9.17) is 5.73 Å². The van der Waals surface area contributed by atoms with E-state index in [0.717, 1.165) is 28.5 Å². The maximum absolute atomic E-state index is 11.5. The summed E-state index contributed by atoms with van der Waals surface area (Å²) in [6, 6.07) is 4.18. The second-order valence-electron chi connectivity index (χ2n) is 5.65. The number of hydrogen-bond acceptors (Lipinski definition) is 3. The van der Waals surface area contributed by atoms with E-state index in [0.29, 0.717) is 23.6 Å². The minimum absolute atomic E-state index is 0.391. The molecule has 4 nitrogen and oxygen atoms in total. The number of allylic oxidation sites excluding steroid dienone is 1. The van der Waals surface area contributed by atoms with E-state index in [1.54, 1.807) is 4.68 Å². The molecule has 2 rings (SSSR count). The van der Waals surface area contributed by atoms with Crippen LogP contribution in [0.1, 0.15) is 34.0 Å². The molecular weight excluding hydrogens is 262 g/mol. The van der Waals surface area contributed by atoms with Crippen molar-refractivity contribution >= 4 is 12.1 Å². The monoisotopic (exact) mass is 283 g/mol. The number of nitrogens with zero attached hydrogens (tertiary/aromatic N) is 2. The molecular formula is C17H21N3O. The average molecular weight is 283 g/mol. The van der Waals surface area contributed by atoms with Crippen molar-refractivity contribution in [1.82, 2.24) is 9.78 Å². The van der Waals surface area contributed by atoms with Crippen LogP contribution < -0.4 is 5.73 Å². The van der Waals surface area contributed by atoms with E-state index in [-0.39, 0.29) is 0 Å². The number of rotatable bonds is 4. The van der Waals surface area contributed by atoms with Crippen LogP contribution in [0.25, 0.3) is 11.3 Å². The van der Waals surface area contributed by atoms with Gasteiger partial charge in [0.2, 0.25) is 0 Å². The first-order valence-corrected chi connectivity index (χ1v) is 6.89. The number of aldehydes is 1. The van der Waals surface area contributed by atoms with Crippen molar-refractivity contribution in [2.45, 2.75) is 34.2 Å². The van der Waals surface area contributed by atoms with Gasteiger partial charge in [0.25, 0.3) is 0 Å². The molecule has 0 aliphatic heterocycles. The van der Waals surface area contributed by atoms with E-state index in [9.17, 15) is 4.79 Å². The number of carbonyl (C=O) groups is 1. The molecule has 0 saturated heterocycles. The molecule has 1 aromatic heterocycles. The molecule has 0 spiro atoms. The summed E-state index contributed by atoms with van der Waals surface area (Å²) >= 11 is 0. The number of benzene rings is 1. The number of nitrogens with two attached hydrogens (primary N) is 1. The third-order valence-corrected chi connectivity index (χ3v) is 3.48. The number of aromatic nitrogens is 2. The lowest BCUT2D eigenvalue weighted by molar-refractivity contribution is 0.112. The van der Waals surface area contributed by atoms with Gasteiger partial charge in [-0.15, -0.1) is 0 Å². The van der Waals surface area contributed by atoms with Gasteiger partial charge < -0.3 is 5.73 Å².